The average molecular weight is 540 g/mol. The van der Waals surface area contributed by atoms with Crippen molar-refractivity contribution in [3.63, 3.8) is 0 Å². The molecular weight excluding hydrogens is 509 g/mol. The lowest BCUT2D eigenvalue weighted by Gasteiger charge is -2.25. The van der Waals surface area contributed by atoms with Crippen LogP contribution >= 0.6 is 23.4 Å². The van der Waals surface area contributed by atoms with E-state index in [1.807, 2.05) is 49.4 Å². The lowest BCUT2D eigenvalue weighted by atomic mass is 9.89. The summed E-state index contributed by atoms with van der Waals surface area (Å²) < 4.78 is 24.8. The third-order valence-electron chi connectivity index (χ3n) is 6.76. The minimum atomic E-state index is -0.273. The van der Waals surface area contributed by atoms with E-state index in [0.717, 1.165) is 76.0 Å². The van der Waals surface area contributed by atoms with Gasteiger partial charge in [-0.15, -0.1) is 11.8 Å². The Bertz CT molecular complexity index is 1280. The Morgan fingerprint density at radius 2 is 1.89 bits per heavy atom. The van der Waals surface area contributed by atoms with E-state index in [4.69, 9.17) is 21.1 Å². The van der Waals surface area contributed by atoms with Crippen LogP contribution in [0.1, 0.15) is 36.5 Å². The third-order valence-corrected chi connectivity index (χ3v) is 8.08. The number of phenols is 1. The van der Waals surface area contributed by atoms with Crippen LogP contribution in [-0.2, 0) is 0 Å². The van der Waals surface area contributed by atoms with Crippen LogP contribution in [-0.4, -0.2) is 54.8 Å². The number of rotatable bonds is 9. The van der Waals surface area contributed by atoms with E-state index in [1.54, 1.807) is 17.8 Å². The van der Waals surface area contributed by atoms with Crippen molar-refractivity contribution in [2.75, 3.05) is 38.7 Å². The van der Waals surface area contributed by atoms with Crippen molar-refractivity contribution in [1.29, 1.82) is 0 Å². The van der Waals surface area contributed by atoms with Gasteiger partial charge in [0.15, 0.2) is 0 Å². The van der Waals surface area contributed by atoms with Gasteiger partial charge in [0.2, 0.25) is 0 Å². The molecule has 4 nitrogen and oxygen atoms in total. The van der Waals surface area contributed by atoms with E-state index in [0.29, 0.717) is 18.1 Å². The predicted octanol–water partition coefficient (Wildman–Crippen LogP) is 7.32. The maximum Gasteiger partial charge on any atom is 0.128 e. The monoisotopic (exact) mass is 539 g/mol. The zero-order valence-electron chi connectivity index (χ0n) is 20.9. The first kappa shape index (κ1) is 26.0. The van der Waals surface area contributed by atoms with Crippen LogP contribution < -0.4 is 9.47 Å². The summed E-state index contributed by atoms with van der Waals surface area (Å²) in [6, 6.07) is 19.6. The Hall–Kier alpha value is -2.67. The number of halogens is 2. The second kappa shape index (κ2) is 11.8. The number of phenolic OH excluding ortho intramolecular Hbond substituents is 1. The molecule has 7 heteroatoms. The zero-order valence-corrected chi connectivity index (χ0v) is 22.5. The predicted molar refractivity (Wildman–Crippen MR) is 150 cm³/mol. The first-order chi connectivity index (χ1) is 18.1. The van der Waals surface area contributed by atoms with E-state index >= 15 is 0 Å². The van der Waals surface area contributed by atoms with Gasteiger partial charge in [0.05, 0.1) is 13.3 Å². The number of ether oxygens (including phenoxy) is 2. The number of thioether (sulfide) groups is 1. The van der Waals surface area contributed by atoms with Gasteiger partial charge in [-0.2, -0.15) is 0 Å². The van der Waals surface area contributed by atoms with Crippen LogP contribution in [0.3, 0.4) is 0 Å². The summed E-state index contributed by atoms with van der Waals surface area (Å²) in [7, 11) is 0. The maximum atomic E-state index is 12.5. The molecule has 0 amide bonds. The van der Waals surface area contributed by atoms with E-state index in [-0.39, 0.29) is 18.5 Å². The molecule has 3 aromatic carbocycles. The molecule has 194 valence electrons. The standard InChI is InChI=1S/C30H31ClFNO3S/c1-2-35-28-16-21(31)6-10-25(28)27-19-37-29-17-22(34)7-11-26(29)30(27)20-4-8-23(9-5-20)36-24-12-15-33(18-24)14-3-13-32/h4-11,16-17,24,34H,2-3,12-15,18-19H2,1H3/t24-/m0/s1. The Morgan fingerprint density at radius 3 is 2.68 bits per heavy atom. The van der Waals surface area contributed by atoms with E-state index in [1.165, 1.54) is 0 Å². The number of alkyl halides is 1. The minimum absolute atomic E-state index is 0.123. The number of benzene rings is 3. The third kappa shape index (κ3) is 5.92. The van der Waals surface area contributed by atoms with Crippen LogP contribution in [0, 0.1) is 0 Å². The quantitative estimate of drug-likeness (QED) is 0.308. The molecule has 0 aromatic heterocycles. The average Bonchev–Trinajstić information content (AvgIpc) is 3.35. The molecule has 0 aliphatic carbocycles. The maximum absolute atomic E-state index is 12.5. The largest absolute Gasteiger partial charge is 0.508 e. The van der Waals surface area contributed by atoms with E-state index in [2.05, 4.69) is 17.0 Å². The van der Waals surface area contributed by atoms with Crippen LogP contribution in [0.15, 0.2) is 65.6 Å². The molecule has 2 aliphatic heterocycles. The first-order valence-corrected chi connectivity index (χ1v) is 14.1. The molecule has 37 heavy (non-hydrogen) atoms. The van der Waals surface area contributed by atoms with Crippen molar-refractivity contribution < 1.29 is 19.0 Å². The van der Waals surface area contributed by atoms with Gasteiger partial charge in [-0.05, 0) is 90.6 Å². The highest BCUT2D eigenvalue weighted by molar-refractivity contribution is 7.99. The molecule has 2 aliphatic rings. The molecule has 0 bridgehead atoms. The SMILES string of the molecule is CCOc1cc(Cl)ccc1C1=C(c2ccc(O[C@H]3CCN(CCCF)C3)cc2)c2ccc(O)cc2SC1. The smallest absolute Gasteiger partial charge is 0.128 e. The molecular formula is C30H31ClFNO3S. The molecule has 0 radical (unpaired) electrons. The highest BCUT2D eigenvalue weighted by Crippen LogP contribution is 2.47. The van der Waals surface area contributed by atoms with E-state index < -0.39 is 0 Å². The summed E-state index contributed by atoms with van der Waals surface area (Å²) in [5.74, 6) is 2.60. The molecule has 1 saturated heterocycles. The Kier molecular flexibility index (Phi) is 8.28. The van der Waals surface area contributed by atoms with Crippen LogP contribution in [0.5, 0.6) is 17.2 Å². The van der Waals surface area contributed by atoms with Gasteiger partial charge in [-0.3, -0.25) is 9.29 Å². The number of likely N-dealkylation sites (tertiary alicyclic amines) is 1. The van der Waals surface area contributed by atoms with Crippen molar-refractivity contribution in [2.45, 2.75) is 30.8 Å². The molecule has 2 heterocycles. The van der Waals surface area contributed by atoms with Crippen LogP contribution in [0.4, 0.5) is 4.39 Å². The molecule has 5 rings (SSSR count). The van der Waals surface area contributed by atoms with Gasteiger partial charge >= 0.3 is 0 Å². The summed E-state index contributed by atoms with van der Waals surface area (Å²) in [5.41, 5.74) is 5.45. The molecule has 0 unspecified atom stereocenters. The molecule has 0 saturated carbocycles. The highest BCUT2D eigenvalue weighted by atomic mass is 35.5. The number of fused-ring (bicyclic) bond motifs is 1. The number of hydrogen-bond donors (Lipinski definition) is 1. The zero-order chi connectivity index (χ0) is 25.8. The fraction of sp³-hybridized carbons (Fsp3) is 0.333. The van der Waals surface area contributed by atoms with Gasteiger partial charge in [-0.25, -0.2) is 0 Å². The molecule has 1 N–H and O–H groups in total. The molecule has 1 atom stereocenters. The fourth-order valence-electron chi connectivity index (χ4n) is 5.06. The Balaban J connectivity index is 1.48. The van der Waals surface area contributed by atoms with Gasteiger partial charge in [0.25, 0.3) is 0 Å². The van der Waals surface area contributed by atoms with Crippen molar-refractivity contribution in [2.24, 2.45) is 0 Å². The topological polar surface area (TPSA) is 41.9 Å². The second-order valence-electron chi connectivity index (χ2n) is 9.29. The molecule has 1 fully saturated rings. The molecule has 3 aromatic rings. The van der Waals surface area contributed by atoms with Crippen LogP contribution in [0.25, 0.3) is 11.1 Å². The second-order valence-corrected chi connectivity index (χ2v) is 10.7. The van der Waals surface area contributed by atoms with E-state index in [9.17, 15) is 9.50 Å². The number of hydrogen-bond acceptors (Lipinski definition) is 5. The van der Waals surface area contributed by atoms with Gasteiger partial charge in [0, 0.05) is 40.9 Å². The summed E-state index contributed by atoms with van der Waals surface area (Å²) in [4.78, 5) is 3.31. The van der Waals surface area contributed by atoms with Crippen LogP contribution in [0.2, 0.25) is 5.02 Å². The highest BCUT2D eigenvalue weighted by Gasteiger charge is 2.26. The lowest BCUT2D eigenvalue weighted by Crippen LogP contribution is -2.26. The fourth-order valence-corrected chi connectivity index (χ4v) is 6.35. The van der Waals surface area contributed by atoms with Crippen molar-refractivity contribution >= 4 is 34.5 Å². The summed E-state index contributed by atoms with van der Waals surface area (Å²) in [6.07, 6.45) is 1.65. The van der Waals surface area contributed by atoms with Crippen molar-refractivity contribution in [3.05, 3.63) is 82.4 Å². The van der Waals surface area contributed by atoms with Gasteiger partial charge in [-0.1, -0.05) is 23.7 Å². The van der Waals surface area contributed by atoms with Crippen molar-refractivity contribution in [1.82, 2.24) is 4.90 Å². The first-order valence-electron chi connectivity index (χ1n) is 12.7. The minimum Gasteiger partial charge on any atom is -0.508 e. The summed E-state index contributed by atoms with van der Waals surface area (Å²) in [6.45, 7) is 4.81. The van der Waals surface area contributed by atoms with Gasteiger partial charge in [0.1, 0.15) is 23.4 Å². The van der Waals surface area contributed by atoms with Gasteiger partial charge < -0.3 is 14.6 Å². The number of nitrogens with zero attached hydrogens (tertiary/aromatic N) is 1. The van der Waals surface area contributed by atoms with Crippen molar-refractivity contribution in [3.8, 4) is 17.2 Å². The Morgan fingerprint density at radius 1 is 1.08 bits per heavy atom. The summed E-state index contributed by atoms with van der Waals surface area (Å²) >= 11 is 8.01. The molecule has 0 spiro atoms. The Labute approximate surface area is 227 Å². The normalized spacial score (nSPS) is 17.6. The lowest BCUT2D eigenvalue weighted by molar-refractivity contribution is 0.198. The summed E-state index contributed by atoms with van der Waals surface area (Å²) in [5, 5.41) is 10.7. The number of aromatic hydroxyl groups is 1.